The predicted molar refractivity (Wildman–Crippen MR) is 44.4 cm³/mol. The molecule has 0 spiro atoms. The Labute approximate surface area is 62.1 Å². The lowest BCUT2D eigenvalue weighted by Gasteiger charge is -2.12. The van der Waals surface area contributed by atoms with E-state index in [9.17, 15) is 0 Å². The van der Waals surface area contributed by atoms with Crippen molar-refractivity contribution in [3.63, 3.8) is 0 Å². The Morgan fingerprint density at radius 1 is 1.60 bits per heavy atom. The lowest BCUT2D eigenvalue weighted by Crippen LogP contribution is -2.12. The second-order valence-corrected chi connectivity index (χ2v) is 2.27. The Hall–Kier alpha value is -0.980. The van der Waals surface area contributed by atoms with E-state index >= 15 is 0 Å². The van der Waals surface area contributed by atoms with Crippen molar-refractivity contribution in [2.24, 2.45) is 0 Å². The van der Waals surface area contributed by atoms with Crippen molar-refractivity contribution in [3.8, 4) is 0 Å². The van der Waals surface area contributed by atoms with Gasteiger partial charge in [0.05, 0.1) is 0 Å². The average Bonchev–Trinajstić information content (AvgIpc) is 2.05. The summed E-state index contributed by atoms with van der Waals surface area (Å²) in [6.07, 6.45) is 9.39. The summed E-state index contributed by atoms with van der Waals surface area (Å²) >= 11 is 0. The summed E-state index contributed by atoms with van der Waals surface area (Å²) in [7, 11) is 0. The summed E-state index contributed by atoms with van der Waals surface area (Å²) in [5.74, 6) is 0. The first-order valence-electron chi connectivity index (χ1n) is 3.67. The smallest absolute Gasteiger partial charge is 0.0338 e. The predicted octanol–water partition coefficient (Wildman–Crippen LogP) is 2.34. The van der Waals surface area contributed by atoms with Gasteiger partial charge in [-0.2, -0.15) is 0 Å². The molecule has 0 amide bonds. The monoisotopic (exact) mass is 135 g/mol. The van der Waals surface area contributed by atoms with Crippen molar-refractivity contribution in [2.75, 3.05) is 0 Å². The molecule has 0 bridgehead atoms. The first-order valence-corrected chi connectivity index (χ1v) is 3.67. The van der Waals surface area contributed by atoms with Crippen LogP contribution in [0.15, 0.2) is 35.7 Å². The third-order valence-corrected chi connectivity index (χ3v) is 1.57. The quantitative estimate of drug-likeness (QED) is 0.582. The summed E-state index contributed by atoms with van der Waals surface area (Å²) in [4.78, 5) is 0. The minimum Gasteiger partial charge on any atom is -0.359 e. The van der Waals surface area contributed by atoms with Gasteiger partial charge in [0.15, 0.2) is 0 Å². The van der Waals surface area contributed by atoms with Gasteiger partial charge in [0, 0.05) is 11.4 Å². The highest BCUT2D eigenvalue weighted by Gasteiger charge is 1.97. The Morgan fingerprint density at radius 3 is 3.00 bits per heavy atom. The highest BCUT2D eigenvalue weighted by molar-refractivity contribution is 5.30. The fraction of sp³-hybridized carbons (Fsp3) is 0.333. The lowest BCUT2D eigenvalue weighted by molar-refractivity contribution is 0.900. The Balaban J connectivity index is 2.68. The largest absolute Gasteiger partial charge is 0.359 e. The molecule has 1 aliphatic rings. The molecule has 0 aliphatic carbocycles. The first kappa shape index (κ1) is 7.13. The molecular formula is C9H13N. The van der Waals surface area contributed by atoms with Crippen molar-refractivity contribution >= 4 is 0 Å². The zero-order valence-corrected chi connectivity index (χ0v) is 6.52. The molecule has 1 N–H and O–H groups in total. The van der Waals surface area contributed by atoms with Crippen LogP contribution in [0.4, 0.5) is 0 Å². The van der Waals surface area contributed by atoms with Crippen LogP contribution in [0, 0.1) is 0 Å². The standard InChI is InChI=1S/C9H13N/c1-3-8-6-5-7-9(4-2)10-8/h3,5-7,10H,4H2,1-2H3/b8-3-. The van der Waals surface area contributed by atoms with E-state index in [0.29, 0.717) is 0 Å². The van der Waals surface area contributed by atoms with E-state index < -0.39 is 0 Å². The van der Waals surface area contributed by atoms with Crippen molar-refractivity contribution in [2.45, 2.75) is 20.3 Å². The van der Waals surface area contributed by atoms with Crippen LogP contribution in [0.3, 0.4) is 0 Å². The normalized spacial score (nSPS) is 20.6. The molecule has 1 aliphatic heterocycles. The van der Waals surface area contributed by atoms with Crippen molar-refractivity contribution in [1.82, 2.24) is 5.32 Å². The Bertz CT molecular complexity index is 197. The van der Waals surface area contributed by atoms with Gasteiger partial charge in [-0.15, -0.1) is 0 Å². The van der Waals surface area contributed by atoms with Crippen LogP contribution in [0.5, 0.6) is 0 Å². The number of rotatable bonds is 1. The van der Waals surface area contributed by atoms with Gasteiger partial charge >= 0.3 is 0 Å². The summed E-state index contributed by atoms with van der Waals surface area (Å²) in [5.41, 5.74) is 2.48. The minimum atomic E-state index is 1.07. The van der Waals surface area contributed by atoms with E-state index in [2.05, 4.69) is 36.5 Å². The molecule has 0 unspecified atom stereocenters. The van der Waals surface area contributed by atoms with E-state index in [1.54, 1.807) is 0 Å². The van der Waals surface area contributed by atoms with Crippen molar-refractivity contribution < 1.29 is 0 Å². The fourth-order valence-corrected chi connectivity index (χ4v) is 0.911. The van der Waals surface area contributed by atoms with Gasteiger partial charge in [0.1, 0.15) is 0 Å². The molecule has 1 heterocycles. The van der Waals surface area contributed by atoms with Crippen molar-refractivity contribution in [3.05, 3.63) is 35.7 Å². The summed E-state index contributed by atoms with van der Waals surface area (Å²) in [5, 5.41) is 3.29. The molecule has 0 aromatic rings. The van der Waals surface area contributed by atoms with Crippen LogP contribution in [0.2, 0.25) is 0 Å². The van der Waals surface area contributed by atoms with Gasteiger partial charge in [-0.05, 0) is 25.5 Å². The van der Waals surface area contributed by atoms with Crippen molar-refractivity contribution in [1.29, 1.82) is 0 Å². The highest BCUT2D eigenvalue weighted by atomic mass is 14.9. The van der Waals surface area contributed by atoms with Gasteiger partial charge in [0.25, 0.3) is 0 Å². The van der Waals surface area contributed by atoms with Crippen LogP contribution in [0.25, 0.3) is 0 Å². The summed E-state index contributed by atoms with van der Waals surface area (Å²) < 4.78 is 0. The van der Waals surface area contributed by atoms with Crippen LogP contribution in [0.1, 0.15) is 20.3 Å². The molecule has 0 radical (unpaired) electrons. The van der Waals surface area contributed by atoms with Gasteiger partial charge in [0.2, 0.25) is 0 Å². The molecule has 0 aromatic heterocycles. The molecular weight excluding hydrogens is 122 g/mol. The van der Waals surface area contributed by atoms with Crippen LogP contribution in [-0.2, 0) is 0 Å². The van der Waals surface area contributed by atoms with Gasteiger partial charge < -0.3 is 5.32 Å². The van der Waals surface area contributed by atoms with E-state index in [4.69, 9.17) is 0 Å². The molecule has 0 saturated carbocycles. The number of hydrogen-bond donors (Lipinski definition) is 1. The van der Waals surface area contributed by atoms with E-state index in [1.807, 2.05) is 6.92 Å². The zero-order chi connectivity index (χ0) is 7.40. The molecule has 10 heavy (non-hydrogen) atoms. The topological polar surface area (TPSA) is 12.0 Å². The number of allylic oxidation sites excluding steroid dienone is 5. The highest BCUT2D eigenvalue weighted by Crippen LogP contribution is 2.07. The second-order valence-electron chi connectivity index (χ2n) is 2.27. The molecule has 54 valence electrons. The van der Waals surface area contributed by atoms with Crippen LogP contribution in [-0.4, -0.2) is 0 Å². The van der Waals surface area contributed by atoms with Gasteiger partial charge in [-0.1, -0.05) is 19.1 Å². The number of hydrogen-bond acceptors (Lipinski definition) is 1. The van der Waals surface area contributed by atoms with E-state index in [0.717, 1.165) is 6.42 Å². The number of dihydropyridines is 1. The zero-order valence-electron chi connectivity index (χ0n) is 6.52. The van der Waals surface area contributed by atoms with Gasteiger partial charge in [-0.3, -0.25) is 0 Å². The third-order valence-electron chi connectivity index (χ3n) is 1.57. The maximum absolute atomic E-state index is 3.29. The van der Waals surface area contributed by atoms with Crippen LogP contribution < -0.4 is 5.32 Å². The van der Waals surface area contributed by atoms with Crippen LogP contribution >= 0.6 is 0 Å². The van der Waals surface area contributed by atoms with Gasteiger partial charge in [-0.25, -0.2) is 0 Å². The maximum Gasteiger partial charge on any atom is 0.0338 e. The minimum absolute atomic E-state index is 1.07. The average molecular weight is 135 g/mol. The molecule has 0 aromatic carbocycles. The Morgan fingerprint density at radius 2 is 2.40 bits per heavy atom. The fourth-order valence-electron chi connectivity index (χ4n) is 0.911. The molecule has 1 nitrogen and oxygen atoms in total. The summed E-state index contributed by atoms with van der Waals surface area (Å²) in [6.45, 7) is 4.18. The molecule has 0 saturated heterocycles. The Kier molecular flexibility index (Phi) is 2.32. The third kappa shape index (κ3) is 1.50. The second kappa shape index (κ2) is 3.25. The number of nitrogens with one attached hydrogen (secondary N) is 1. The van der Waals surface area contributed by atoms with E-state index in [1.165, 1.54) is 11.4 Å². The van der Waals surface area contributed by atoms with E-state index in [-0.39, 0.29) is 0 Å². The summed E-state index contributed by atoms with van der Waals surface area (Å²) in [6, 6.07) is 0. The molecule has 0 fully saturated rings. The SMILES string of the molecule is C/C=C1/C=CC=C(CC)N1. The first-order chi connectivity index (χ1) is 4.86. The molecule has 1 rings (SSSR count). The molecule has 1 heteroatoms. The lowest BCUT2D eigenvalue weighted by atomic mass is 10.2. The molecule has 0 atom stereocenters. The maximum atomic E-state index is 3.29.